The van der Waals surface area contributed by atoms with Crippen LogP contribution in [-0.2, 0) is 16.1 Å². The summed E-state index contributed by atoms with van der Waals surface area (Å²) < 4.78 is 17.7. The Bertz CT molecular complexity index is 771. The number of benzene rings is 2. The largest absolute Gasteiger partial charge is 0.465 e. The van der Waals surface area contributed by atoms with Crippen molar-refractivity contribution >= 4 is 17.6 Å². The van der Waals surface area contributed by atoms with Gasteiger partial charge in [0.15, 0.2) is 0 Å². The molecule has 0 aromatic heterocycles. The van der Waals surface area contributed by atoms with Crippen LogP contribution in [0.4, 0.5) is 10.1 Å². The summed E-state index contributed by atoms with van der Waals surface area (Å²) in [6.07, 6.45) is 2.14. The molecule has 3 rings (SSSR count). The lowest BCUT2D eigenvalue weighted by atomic mass is 10.2. The van der Waals surface area contributed by atoms with Crippen LogP contribution in [0.1, 0.15) is 28.8 Å². The van der Waals surface area contributed by atoms with Crippen molar-refractivity contribution in [3.05, 3.63) is 65.5 Å². The van der Waals surface area contributed by atoms with E-state index in [1.807, 2.05) is 0 Å². The van der Waals surface area contributed by atoms with E-state index in [1.165, 1.54) is 19.2 Å². The number of hydrogen-bond donors (Lipinski definition) is 1. The third kappa shape index (κ3) is 4.89. The maximum absolute atomic E-state index is 13.0. The van der Waals surface area contributed by atoms with E-state index in [1.54, 1.807) is 36.4 Å². The quantitative estimate of drug-likeness (QED) is 0.774. The van der Waals surface area contributed by atoms with E-state index >= 15 is 0 Å². The lowest BCUT2D eigenvalue weighted by molar-refractivity contribution is -0.117. The zero-order chi connectivity index (χ0) is 18.5. The van der Waals surface area contributed by atoms with Gasteiger partial charge in [0, 0.05) is 18.3 Å². The highest BCUT2D eigenvalue weighted by Gasteiger charge is 2.30. The van der Waals surface area contributed by atoms with Gasteiger partial charge in [-0.05, 0) is 54.8 Å². The molecule has 2 aromatic rings. The number of nitrogens with zero attached hydrogens (tertiary/aromatic N) is 1. The highest BCUT2D eigenvalue weighted by molar-refractivity contribution is 5.94. The van der Waals surface area contributed by atoms with Crippen LogP contribution >= 0.6 is 0 Å². The molecule has 1 amide bonds. The Balaban J connectivity index is 1.58. The van der Waals surface area contributed by atoms with Crippen molar-refractivity contribution < 1.29 is 18.7 Å². The fourth-order valence-electron chi connectivity index (χ4n) is 2.77. The number of carbonyl (C=O) groups excluding carboxylic acids is 2. The van der Waals surface area contributed by atoms with Gasteiger partial charge in [-0.15, -0.1) is 0 Å². The van der Waals surface area contributed by atoms with Crippen LogP contribution < -0.4 is 5.32 Å². The number of anilines is 1. The number of hydrogen-bond acceptors (Lipinski definition) is 4. The third-order valence-corrected chi connectivity index (χ3v) is 4.30. The molecular formula is C20H21FN2O3. The molecule has 0 heterocycles. The predicted octanol–water partition coefficient (Wildman–Crippen LogP) is 3.22. The molecule has 0 saturated heterocycles. The number of methoxy groups -OCH3 is 1. The van der Waals surface area contributed by atoms with Gasteiger partial charge in [0.25, 0.3) is 0 Å². The van der Waals surface area contributed by atoms with Crippen molar-refractivity contribution in [1.29, 1.82) is 0 Å². The first kappa shape index (κ1) is 18.1. The van der Waals surface area contributed by atoms with Gasteiger partial charge >= 0.3 is 5.97 Å². The summed E-state index contributed by atoms with van der Waals surface area (Å²) in [6, 6.07) is 13.3. The van der Waals surface area contributed by atoms with E-state index in [-0.39, 0.29) is 18.3 Å². The van der Waals surface area contributed by atoms with Gasteiger partial charge in [-0.1, -0.05) is 12.1 Å². The van der Waals surface area contributed by atoms with Crippen LogP contribution in [0, 0.1) is 5.82 Å². The van der Waals surface area contributed by atoms with Gasteiger partial charge in [-0.25, -0.2) is 9.18 Å². The second-order valence-electron chi connectivity index (χ2n) is 6.38. The van der Waals surface area contributed by atoms with Crippen molar-refractivity contribution in [2.45, 2.75) is 25.4 Å². The Labute approximate surface area is 151 Å². The zero-order valence-electron chi connectivity index (χ0n) is 14.6. The van der Waals surface area contributed by atoms with E-state index in [0.717, 1.165) is 18.4 Å². The van der Waals surface area contributed by atoms with Gasteiger partial charge in [0.05, 0.1) is 19.2 Å². The Morgan fingerprint density at radius 3 is 2.35 bits per heavy atom. The normalized spacial score (nSPS) is 13.5. The molecule has 26 heavy (non-hydrogen) atoms. The van der Waals surface area contributed by atoms with Crippen LogP contribution in [-0.4, -0.2) is 36.5 Å². The van der Waals surface area contributed by atoms with Crippen molar-refractivity contribution in [2.75, 3.05) is 19.0 Å². The third-order valence-electron chi connectivity index (χ3n) is 4.30. The maximum atomic E-state index is 13.0. The molecular weight excluding hydrogens is 335 g/mol. The molecule has 1 N–H and O–H groups in total. The Kier molecular flexibility index (Phi) is 5.63. The molecule has 0 bridgehead atoms. The molecule has 0 unspecified atom stereocenters. The van der Waals surface area contributed by atoms with Gasteiger partial charge < -0.3 is 10.1 Å². The fourth-order valence-corrected chi connectivity index (χ4v) is 2.77. The molecule has 5 nitrogen and oxygen atoms in total. The maximum Gasteiger partial charge on any atom is 0.337 e. The standard InChI is InChI=1S/C20H21FN2O3/c1-26-20(25)15-4-8-17(9-5-15)22-19(24)13-23(18-10-11-18)12-14-2-6-16(21)7-3-14/h2-9,18H,10-13H2,1H3,(H,22,24). The summed E-state index contributed by atoms with van der Waals surface area (Å²) in [7, 11) is 1.33. The average molecular weight is 356 g/mol. The van der Waals surface area contributed by atoms with Gasteiger partial charge in [0.1, 0.15) is 5.82 Å². The SMILES string of the molecule is COC(=O)c1ccc(NC(=O)CN(Cc2ccc(F)cc2)C2CC2)cc1. The number of carbonyl (C=O) groups is 2. The molecule has 136 valence electrons. The molecule has 1 aliphatic rings. The molecule has 0 radical (unpaired) electrons. The van der Waals surface area contributed by atoms with Gasteiger partial charge in [0.2, 0.25) is 5.91 Å². The van der Waals surface area contributed by atoms with E-state index < -0.39 is 5.97 Å². The molecule has 1 saturated carbocycles. The monoisotopic (exact) mass is 356 g/mol. The van der Waals surface area contributed by atoms with Crippen molar-refractivity contribution in [1.82, 2.24) is 4.90 Å². The first-order valence-corrected chi connectivity index (χ1v) is 8.52. The first-order chi connectivity index (χ1) is 12.5. The number of ether oxygens (including phenoxy) is 1. The lowest BCUT2D eigenvalue weighted by Crippen LogP contribution is -2.34. The molecule has 1 aliphatic carbocycles. The van der Waals surface area contributed by atoms with Crippen LogP contribution in [0.3, 0.4) is 0 Å². The lowest BCUT2D eigenvalue weighted by Gasteiger charge is -2.21. The topological polar surface area (TPSA) is 58.6 Å². The van der Waals surface area contributed by atoms with Crippen molar-refractivity contribution in [3.8, 4) is 0 Å². The highest BCUT2D eigenvalue weighted by atomic mass is 19.1. The smallest absolute Gasteiger partial charge is 0.337 e. The molecule has 0 atom stereocenters. The number of amides is 1. The minimum Gasteiger partial charge on any atom is -0.465 e. The summed E-state index contributed by atoms with van der Waals surface area (Å²) in [5, 5.41) is 2.84. The fraction of sp³-hybridized carbons (Fsp3) is 0.300. The first-order valence-electron chi connectivity index (χ1n) is 8.52. The Hall–Kier alpha value is -2.73. The number of esters is 1. The van der Waals surface area contributed by atoms with E-state index in [2.05, 4.69) is 15.0 Å². The summed E-state index contributed by atoms with van der Waals surface area (Å²) in [5.74, 6) is -0.799. The molecule has 6 heteroatoms. The van der Waals surface area contributed by atoms with Crippen LogP contribution in [0.25, 0.3) is 0 Å². The summed E-state index contributed by atoms with van der Waals surface area (Å²) >= 11 is 0. The van der Waals surface area contributed by atoms with Crippen LogP contribution in [0.5, 0.6) is 0 Å². The van der Waals surface area contributed by atoms with Crippen LogP contribution in [0.15, 0.2) is 48.5 Å². The Morgan fingerprint density at radius 2 is 1.77 bits per heavy atom. The number of nitrogens with one attached hydrogen (secondary N) is 1. The number of halogens is 1. The zero-order valence-corrected chi connectivity index (χ0v) is 14.6. The molecule has 2 aromatic carbocycles. The van der Waals surface area contributed by atoms with Crippen molar-refractivity contribution in [2.24, 2.45) is 0 Å². The second kappa shape index (κ2) is 8.10. The summed E-state index contributed by atoms with van der Waals surface area (Å²) in [5.41, 5.74) is 2.04. The van der Waals surface area contributed by atoms with E-state index in [0.29, 0.717) is 23.8 Å². The Morgan fingerprint density at radius 1 is 1.12 bits per heavy atom. The van der Waals surface area contributed by atoms with Gasteiger partial charge in [-0.3, -0.25) is 9.69 Å². The number of rotatable bonds is 7. The predicted molar refractivity (Wildman–Crippen MR) is 96.2 cm³/mol. The second-order valence-corrected chi connectivity index (χ2v) is 6.38. The summed E-state index contributed by atoms with van der Waals surface area (Å²) in [4.78, 5) is 25.9. The van der Waals surface area contributed by atoms with Crippen LogP contribution in [0.2, 0.25) is 0 Å². The average Bonchev–Trinajstić information content (AvgIpc) is 3.48. The van der Waals surface area contributed by atoms with Gasteiger partial charge in [-0.2, -0.15) is 0 Å². The van der Waals surface area contributed by atoms with E-state index in [9.17, 15) is 14.0 Å². The van der Waals surface area contributed by atoms with E-state index in [4.69, 9.17) is 0 Å². The molecule has 1 fully saturated rings. The minimum atomic E-state index is -0.415. The molecule has 0 spiro atoms. The highest BCUT2D eigenvalue weighted by Crippen LogP contribution is 2.28. The summed E-state index contributed by atoms with van der Waals surface area (Å²) in [6.45, 7) is 0.875. The molecule has 0 aliphatic heterocycles. The van der Waals surface area contributed by atoms with Crippen molar-refractivity contribution in [3.63, 3.8) is 0 Å². The minimum absolute atomic E-state index is 0.121.